The Bertz CT molecular complexity index is 3520. The van der Waals surface area contributed by atoms with Crippen molar-refractivity contribution in [3.63, 3.8) is 0 Å². The number of carboxylic acids is 1. The van der Waals surface area contributed by atoms with Gasteiger partial charge >= 0.3 is 12.1 Å². The second-order valence-electron chi connectivity index (χ2n) is 29.5. The predicted octanol–water partition coefficient (Wildman–Crippen LogP) is 8.25. The number of aliphatic carboxylic acids is 1. The molecule has 0 aromatic heterocycles. The maximum absolute atomic E-state index is 14.1. The number of fused-ring (bicyclic) bond motifs is 8. The van der Waals surface area contributed by atoms with Gasteiger partial charge in [-0.3, -0.25) is 28.8 Å². The fraction of sp³-hybridized carbons (Fsp3) is 0.622. The molecular weight excluding hydrogens is 1250 g/mol. The molecule has 1 heterocycles. The number of carbonyl (C=O) groups excluding carboxylic acids is 7. The van der Waals surface area contributed by atoms with E-state index >= 15 is 0 Å². The zero-order valence-corrected chi connectivity index (χ0v) is 56.8. The van der Waals surface area contributed by atoms with E-state index in [1.54, 1.807) is 12.1 Å². The molecule has 528 valence electrons. The van der Waals surface area contributed by atoms with Gasteiger partial charge in [-0.2, -0.15) is 0 Å². The Balaban J connectivity index is 0.692. The normalized spacial score (nSPS) is 29.5. The lowest BCUT2D eigenvalue weighted by atomic mass is 9.47. The van der Waals surface area contributed by atoms with Crippen LogP contribution in [0.15, 0.2) is 54.1 Å². The summed E-state index contributed by atoms with van der Waals surface area (Å²) in [6.07, 6.45) is 6.46. The van der Waals surface area contributed by atoms with E-state index in [9.17, 15) is 74.1 Å². The summed E-state index contributed by atoms with van der Waals surface area (Å²) in [6, 6.07) is 6.70. The maximum atomic E-state index is 14.1. The molecule has 7 unspecified atom stereocenters. The summed E-state index contributed by atoms with van der Waals surface area (Å²) in [4.78, 5) is 108. The van der Waals surface area contributed by atoms with Gasteiger partial charge in [-0.15, -0.1) is 0 Å². The minimum Gasteiger partial charge on any atom is -0.508 e. The van der Waals surface area contributed by atoms with E-state index in [0.29, 0.717) is 41.6 Å². The second kappa shape index (κ2) is 30.0. The number of amides is 4. The maximum Gasteiger partial charge on any atom is 0.408 e. The van der Waals surface area contributed by atoms with Crippen molar-refractivity contribution in [3.8, 4) is 23.0 Å². The Kier molecular flexibility index (Phi) is 22.3. The number of ether oxygens (including phenoxy) is 4. The number of carboxylic acid groups (broad SMARTS) is 1. The van der Waals surface area contributed by atoms with Crippen LogP contribution >= 0.6 is 0 Å². The summed E-state index contributed by atoms with van der Waals surface area (Å²) in [5.74, 6) is -3.39. The molecule has 7 aliphatic rings. The van der Waals surface area contributed by atoms with E-state index < -0.39 is 144 Å². The molecule has 11 N–H and O–H groups in total. The summed E-state index contributed by atoms with van der Waals surface area (Å²) in [6.45, 7) is 12.6. The van der Waals surface area contributed by atoms with Crippen LogP contribution in [0.2, 0.25) is 0 Å². The smallest absolute Gasteiger partial charge is 0.408 e. The number of nitrogens with one attached hydrogen (secondary N) is 4. The molecular formula is C74H98N4O19. The lowest BCUT2D eigenvalue weighted by Gasteiger charge is -2.58. The number of aliphatic hydroxyl groups is 3. The molecule has 97 heavy (non-hydrogen) atoms. The SMILES string of the molecule is COc1cccc2c1C(=O)c1c(O)c3c(c(O)c1C2=O)C[C@@](O)(C(=O)CO)C[C@@H]3O[C@H]1C[C@H](NC(=O)CCC(=O)NCCCC[C@@H](NC(=O)C(Cc2ccc(O)cc2)NC(=O)OC2CCC3(C)C(=CCC4[C@@H]3CCC3(C)C(C(C)CCCC(C)C)CC[C@@H]43)C2)C(=O)O)[C@H](O)[C@H](C)O1. The number of aliphatic hydroxyl groups excluding tert-OH is 2. The molecule has 1 saturated heterocycles. The molecule has 3 aromatic carbocycles. The van der Waals surface area contributed by atoms with Crippen LogP contribution in [-0.2, 0) is 51.0 Å². The number of aromatic hydroxyl groups is 3. The van der Waals surface area contributed by atoms with E-state index in [1.165, 1.54) is 94.9 Å². The Morgan fingerprint density at radius 1 is 0.804 bits per heavy atom. The van der Waals surface area contributed by atoms with Crippen molar-refractivity contribution >= 4 is 47.1 Å². The summed E-state index contributed by atoms with van der Waals surface area (Å²) >= 11 is 0. The highest BCUT2D eigenvalue weighted by Gasteiger charge is 2.60. The average Bonchev–Trinajstić information content (AvgIpc) is 1.59. The highest BCUT2D eigenvalue weighted by atomic mass is 16.7. The minimum atomic E-state index is -2.42. The average molecular weight is 1350 g/mol. The fourth-order valence-electron chi connectivity index (χ4n) is 17.8. The number of alkyl carbamates (subject to hydrolysis) is 1. The molecule has 0 bridgehead atoms. The third-order valence-corrected chi connectivity index (χ3v) is 23.1. The quantitative estimate of drug-likeness (QED) is 0.0160. The summed E-state index contributed by atoms with van der Waals surface area (Å²) in [7, 11) is 1.29. The highest BCUT2D eigenvalue weighted by Crippen LogP contribution is 2.67. The standard InChI is InChI=1S/C74H98N4O19/c1-38(2)12-10-13-39(3)48-23-24-49-45-22-19-42-33-44(27-29-72(42,5)50(45)28-30-73(48,49)6)96-71(92)78-53(32-41-17-20-43(80)21-18-41)69(89)77-51(70(90)91)15-8-9-31-75-57(82)25-26-58(83)76-52-34-59(95-40(4)64(52)84)97-55-36-74(93,56(81)37-79)35-47-61(55)68(88)63-62(66(47)86)65(85)46-14-11-16-54(94-7)60(46)67(63)87/h11,14,16-21,38-40,44-45,48-53,55,59,64,79-80,84,86,88,93H,8-10,12-13,15,22-37H2,1-7H3,(H,75,82)(H,76,83)(H,77,89)(H,78,92)(H,90,91)/t39?,40-,44?,45?,48?,49-,50-,51+,52-,53?,55-,59-,64+,72?,73?,74-/m0/s1. The number of ketones is 3. The molecule has 4 fully saturated rings. The molecule has 0 radical (unpaired) electrons. The van der Waals surface area contributed by atoms with Gasteiger partial charge in [0.1, 0.15) is 59.5 Å². The first-order valence-electron chi connectivity index (χ1n) is 34.9. The Hall–Kier alpha value is -7.44. The van der Waals surface area contributed by atoms with Crippen molar-refractivity contribution in [3.05, 3.63) is 93.1 Å². The number of hydrogen-bond donors (Lipinski definition) is 11. The number of allylic oxidation sites excluding steroid dienone is 1. The van der Waals surface area contributed by atoms with E-state index in [1.807, 2.05) is 0 Å². The molecule has 3 saturated carbocycles. The number of unbranched alkanes of at least 4 members (excludes halogenated alkanes) is 1. The molecule has 23 heteroatoms. The Morgan fingerprint density at radius 2 is 1.54 bits per heavy atom. The van der Waals surface area contributed by atoms with Crippen LogP contribution in [0.3, 0.4) is 0 Å². The molecule has 6 aliphatic carbocycles. The number of phenols is 3. The molecule has 3 aromatic rings. The molecule has 0 spiro atoms. The predicted molar refractivity (Wildman–Crippen MR) is 353 cm³/mol. The van der Waals surface area contributed by atoms with Crippen LogP contribution in [0.25, 0.3) is 0 Å². The summed E-state index contributed by atoms with van der Waals surface area (Å²) in [5.41, 5.74) is -2.07. The van der Waals surface area contributed by atoms with Crippen LogP contribution in [0.5, 0.6) is 23.0 Å². The van der Waals surface area contributed by atoms with Gasteiger partial charge < -0.3 is 76.0 Å². The number of benzene rings is 3. The van der Waals surface area contributed by atoms with Crippen molar-refractivity contribution in [1.82, 2.24) is 21.3 Å². The Morgan fingerprint density at radius 3 is 2.25 bits per heavy atom. The first-order valence-corrected chi connectivity index (χ1v) is 34.9. The first kappa shape index (κ1) is 72.3. The van der Waals surface area contributed by atoms with Crippen molar-refractivity contribution in [2.24, 2.45) is 46.3 Å². The van der Waals surface area contributed by atoms with Crippen molar-refractivity contribution in [2.75, 3.05) is 20.3 Å². The lowest BCUT2D eigenvalue weighted by molar-refractivity contribution is -0.249. The Labute approximate surface area is 566 Å². The van der Waals surface area contributed by atoms with Gasteiger partial charge in [0.05, 0.1) is 42.0 Å². The van der Waals surface area contributed by atoms with Crippen molar-refractivity contribution in [2.45, 2.75) is 224 Å². The first-order chi connectivity index (χ1) is 46.1. The molecule has 10 rings (SSSR count). The minimum absolute atomic E-state index is 0.00499. The summed E-state index contributed by atoms with van der Waals surface area (Å²) < 4.78 is 23.7. The number of Topliss-reactive ketones (excluding diaryl/α,β-unsaturated/α-hetero) is 1. The molecule has 1 aliphatic heterocycles. The van der Waals surface area contributed by atoms with Gasteiger partial charge in [0.25, 0.3) is 0 Å². The van der Waals surface area contributed by atoms with Gasteiger partial charge in [0.15, 0.2) is 17.9 Å². The number of phenolic OH excluding ortho intramolecular Hbond substituents is 3. The highest BCUT2D eigenvalue weighted by molar-refractivity contribution is 6.31. The zero-order valence-electron chi connectivity index (χ0n) is 56.8. The van der Waals surface area contributed by atoms with E-state index in [-0.39, 0.29) is 90.7 Å². The fourth-order valence-corrected chi connectivity index (χ4v) is 17.8. The lowest BCUT2D eigenvalue weighted by Crippen LogP contribution is -2.56. The van der Waals surface area contributed by atoms with Gasteiger partial charge in [-0.05, 0) is 141 Å². The third-order valence-electron chi connectivity index (χ3n) is 23.1. The molecule has 23 nitrogen and oxygen atoms in total. The largest absolute Gasteiger partial charge is 0.508 e. The number of methoxy groups -OCH3 is 1. The second-order valence-corrected chi connectivity index (χ2v) is 29.5. The molecule has 4 amide bonds. The zero-order chi connectivity index (χ0) is 70.0. The monoisotopic (exact) mass is 1350 g/mol. The van der Waals surface area contributed by atoms with Gasteiger partial charge in [-0.1, -0.05) is 89.8 Å². The third kappa shape index (κ3) is 15.1. The van der Waals surface area contributed by atoms with Crippen LogP contribution in [0.4, 0.5) is 4.79 Å². The van der Waals surface area contributed by atoms with E-state index in [2.05, 4.69) is 62.0 Å². The van der Waals surface area contributed by atoms with Crippen LogP contribution in [0, 0.1) is 46.3 Å². The van der Waals surface area contributed by atoms with Crippen LogP contribution in [-0.4, -0.2) is 151 Å². The van der Waals surface area contributed by atoms with Crippen LogP contribution in [0.1, 0.15) is 212 Å². The summed E-state index contributed by atoms with van der Waals surface area (Å²) in [5, 5.41) is 87.4. The van der Waals surface area contributed by atoms with Gasteiger partial charge in [0, 0.05) is 68.2 Å². The molecule has 16 atom stereocenters. The van der Waals surface area contributed by atoms with E-state index in [0.717, 1.165) is 30.6 Å². The van der Waals surface area contributed by atoms with Gasteiger partial charge in [0.2, 0.25) is 23.5 Å². The van der Waals surface area contributed by atoms with Crippen LogP contribution < -0.4 is 26.0 Å². The van der Waals surface area contributed by atoms with E-state index in [4.69, 9.17) is 18.9 Å². The van der Waals surface area contributed by atoms with Gasteiger partial charge in [-0.25, -0.2) is 9.59 Å². The topological polar surface area (TPSA) is 363 Å². The van der Waals surface area contributed by atoms with Crippen molar-refractivity contribution in [1.29, 1.82) is 0 Å². The number of carbonyl (C=O) groups is 8. The number of hydrogen-bond acceptors (Lipinski definition) is 18. The van der Waals surface area contributed by atoms with Crippen molar-refractivity contribution < 1.29 is 93.0 Å². The number of rotatable bonds is 26.